The fourth-order valence-electron chi connectivity index (χ4n) is 3.27. The number of aliphatic hydroxyl groups excluding tert-OH is 1. The largest absolute Gasteiger partial charge is 0.573 e. The summed E-state index contributed by atoms with van der Waals surface area (Å²) in [5.41, 5.74) is -1.72. The fraction of sp³-hybridized carbons (Fsp3) is 0.562. The topological polar surface area (TPSA) is 104 Å². The molecule has 0 spiro atoms. The van der Waals surface area contributed by atoms with Gasteiger partial charge in [-0.3, -0.25) is 4.79 Å². The third-order valence-electron chi connectivity index (χ3n) is 4.56. The van der Waals surface area contributed by atoms with Gasteiger partial charge in [-0.2, -0.15) is 4.31 Å². The lowest BCUT2D eigenvalue weighted by Crippen LogP contribution is -2.57. The molecule has 1 fully saturated rings. The zero-order chi connectivity index (χ0) is 20.5. The summed E-state index contributed by atoms with van der Waals surface area (Å²) in [6.07, 6.45) is -6.09. The zero-order valence-corrected chi connectivity index (χ0v) is 15.3. The molecule has 2 N–H and O–H groups in total. The Morgan fingerprint density at radius 2 is 2.00 bits per heavy atom. The molecule has 7 nitrogen and oxygen atoms in total. The smallest absolute Gasteiger partial charge is 0.481 e. The molecule has 1 saturated heterocycles. The number of carboxylic acid groups (broad SMARTS) is 1. The molecule has 2 rings (SSSR count). The number of benzene rings is 1. The van der Waals surface area contributed by atoms with Gasteiger partial charge in [-0.25, -0.2) is 8.42 Å². The molecule has 0 amide bonds. The third kappa shape index (κ3) is 4.36. The zero-order valence-electron chi connectivity index (χ0n) is 14.4. The maximum atomic E-state index is 12.9. The average molecular weight is 411 g/mol. The molecule has 0 radical (unpaired) electrons. The van der Waals surface area contributed by atoms with Crippen LogP contribution < -0.4 is 4.74 Å². The van der Waals surface area contributed by atoms with Crippen molar-refractivity contribution >= 4 is 16.0 Å². The first-order valence-corrected chi connectivity index (χ1v) is 9.64. The number of carboxylic acids is 1. The maximum absolute atomic E-state index is 12.9. The second kappa shape index (κ2) is 7.64. The molecular weight excluding hydrogens is 391 g/mol. The van der Waals surface area contributed by atoms with Crippen molar-refractivity contribution in [2.75, 3.05) is 13.1 Å². The molecule has 11 heteroatoms. The monoisotopic (exact) mass is 411 g/mol. The molecule has 27 heavy (non-hydrogen) atoms. The Morgan fingerprint density at radius 3 is 2.56 bits per heavy atom. The first-order chi connectivity index (χ1) is 12.4. The molecule has 1 aromatic carbocycles. The Labute approximate surface area is 154 Å². The van der Waals surface area contributed by atoms with E-state index in [4.69, 9.17) is 0 Å². The number of sulfonamides is 1. The number of rotatable bonds is 6. The SMILES string of the molecule is CCC[C@@]1(C(=O)O)CN(S(=O)(=O)c2ccccc2OC(F)(F)F)CC[C@@H]1O. The maximum Gasteiger partial charge on any atom is 0.573 e. The molecular formula is C16H20F3NO6S. The van der Waals surface area contributed by atoms with Crippen molar-refractivity contribution in [1.29, 1.82) is 0 Å². The highest BCUT2D eigenvalue weighted by Crippen LogP contribution is 2.39. The van der Waals surface area contributed by atoms with Gasteiger partial charge in [-0.15, -0.1) is 13.2 Å². The van der Waals surface area contributed by atoms with E-state index in [2.05, 4.69) is 4.74 Å². The minimum atomic E-state index is -5.09. The summed E-state index contributed by atoms with van der Waals surface area (Å²) >= 11 is 0. The van der Waals surface area contributed by atoms with Gasteiger partial charge in [-0.1, -0.05) is 25.5 Å². The number of alkyl halides is 3. The molecule has 0 aromatic heterocycles. The summed E-state index contributed by atoms with van der Waals surface area (Å²) in [6, 6.07) is 4.27. The predicted octanol–water partition coefficient (Wildman–Crippen LogP) is 2.21. The molecule has 0 bridgehead atoms. The van der Waals surface area contributed by atoms with Gasteiger partial charge in [-0.05, 0) is 25.0 Å². The van der Waals surface area contributed by atoms with E-state index in [1.165, 1.54) is 12.1 Å². The molecule has 152 valence electrons. The van der Waals surface area contributed by atoms with E-state index in [9.17, 15) is 36.6 Å². The summed E-state index contributed by atoms with van der Waals surface area (Å²) in [4.78, 5) is 11.1. The van der Waals surface area contributed by atoms with Crippen LogP contribution in [-0.4, -0.2) is 54.5 Å². The van der Waals surface area contributed by atoms with Crippen LogP contribution in [0.4, 0.5) is 13.2 Å². The molecule has 0 unspecified atom stereocenters. The predicted molar refractivity (Wildman–Crippen MR) is 87.5 cm³/mol. The Hall–Kier alpha value is -1.85. The number of halogens is 3. The van der Waals surface area contributed by atoms with Crippen molar-refractivity contribution in [1.82, 2.24) is 4.31 Å². The van der Waals surface area contributed by atoms with Crippen LogP contribution in [0.2, 0.25) is 0 Å². The molecule has 2 atom stereocenters. The third-order valence-corrected chi connectivity index (χ3v) is 6.45. The average Bonchev–Trinajstić information content (AvgIpc) is 2.55. The molecule has 1 aromatic rings. The molecule has 0 aliphatic carbocycles. The number of piperidine rings is 1. The van der Waals surface area contributed by atoms with Crippen molar-refractivity contribution < 1.29 is 41.3 Å². The number of hydrogen-bond donors (Lipinski definition) is 2. The lowest BCUT2D eigenvalue weighted by atomic mass is 9.74. The molecule has 1 aliphatic rings. The van der Waals surface area contributed by atoms with Crippen LogP contribution in [0.5, 0.6) is 5.75 Å². The first-order valence-electron chi connectivity index (χ1n) is 8.20. The number of nitrogens with zero attached hydrogens (tertiary/aromatic N) is 1. The lowest BCUT2D eigenvalue weighted by Gasteiger charge is -2.42. The molecule has 1 aliphatic heterocycles. The van der Waals surface area contributed by atoms with Crippen LogP contribution in [-0.2, 0) is 14.8 Å². The van der Waals surface area contributed by atoms with Crippen molar-refractivity contribution in [3.05, 3.63) is 24.3 Å². The van der Waals surface area contributed by atoms with Crippen molar-refractivity contribution in [2.24, 2.45) is 5.41 Å². The van der Waals surface area contributed by atoms with Gasteiger partial charge in [0, 0.05) is 13.1 Å². The number of aliphatic hydroxyl groups is 1. The second-order valence-corrected chi connectivity index (χ2v) is 8.26. The highest BCUT2D eigenvalue weighted by atomic mass is 32.2. The molecule has 0 saturated carbocycles. The van der Waals surface area contributed by atoms with Gasteiger partial charge in [0.15, 0.2) is 0 Å². The van der Waals surface area contributed by atoms with Crippen LogP contribution >= 0.6 is 0 Å². The summed E-state index contributed by atoms with van der Waals surface area (Å²) in [6.45, 7) is 0.931. The van der Waals surface area contributed by atoms with Gasteiger partial charge < -0.3 is 14.9 Å². The minimum Gasteiger partial charge on any atom is -0.481 e. The van der Waals surface area contributed by atoms with Crippen molar-refractivity contribution in [2.45, 2.75) is 43.5 Å². The Balaban J connectivity index is 2.44. The van der Waals surface area contributed by atoms with E-state index < -0.39 is 51.1 Å². The van der Waals surface area contributed by atoms with Crippen LogP contribution in [0.15, 0.2) is 29.2 Å². The summed E-state index contributed by atoms with van der Waals surface area (Å²) < 4.78 is 68.2. The quantitative estimate of drug-likeness (QED) is 0.744. The second-order valence-electron chi connectivity index (χ2n) is 6.35. The Bertz CT molecular complexity index is 798. The van der Waals surface area contributed by atoms with Crippen molar-refractivity contribution in [3.63, 3.8) is 0 Å². The van der Waals surface area contributed by atoms with Crippen LogP contribution in [0.25, 0.3) is 0 Å². The van der Waals surface area contributed by atoms with E-state index in [1.807, 2.05) is 0 Å². The van der Waals surface area contributed by atoms with E-state index in [0.717, 1.165) is 16.4 Å². The summed E-state index contributed by atoms with van der Waals surface area (Å²) in [5.74, 6) is -2.25. The van der Waals surface area contributed by atoms with E-state index in [-0.39, 0.29) is 19.4 Å². The van der Waals surface area contributed by atoms with E-state index in [1.54, 1.807) is 6.92 Å². The minimum absolute atomic E-state index is 0.0240. The van der Waals surface area contributed by atoms with Gasteiger partial charge in [0.1, 0.15) is 16.1 Å². The number of ether oxygens (including phenoxy) is 1. The first kappa shape index (κ1) is 21.5. The highest BCUT2D eigenvalue weighted by Gasteiger charge is 2.51. The normalized spacial score (nSPS) is 24.6. The number of para-hydroxylation sites is 1. The van der Waals surface area contributed by atoms with Gasteiger partial charge >= 0.3 is 12.3 Å². The van der Waals surface area contributed by atoms with Crippen LogP contribution in [0.3, 0.4) is 0 Å². The highest BCUT2D eigenvalue weighted by molar-refractivity contribution is 7.89. The van der Waals surface area contributed by atoms with Crippen LogP contribution in [0.1, 0.15) is 26.2 Å². The van der Waals surface area contributed by atoms with Crippen LogP contribution in [0, 0.1) is 5.41 Å². The Kier molecular flexibility index (Phi) is 6.07. The van der Waals surface area contributed by atoms with Gasteiger partial charge in [0.2, 0.25) is 10.0 Å². The van der Waals surface area contributed by atoms with Gasteiger partial charge in [0.05, 0.1) is 6.10 Å². The fourth-order valence-corrected chi connectivity index (χ4v) is 4.91. The Morgan fingerprint density at radius 1 is 1.37 bits per heavy atom. The van der Waals surface area contributed by atoms with Crippen molar-refractivity contribution in [3.8, 4) is 5.75 Å². The molecule has 1 heterocycles. The van der Waals surface area contributed by atoms with E-state index in [0.29, 0.717) is 6.42 Å². The number of aliphatic carboxylic acids is 1. The number of carbonyl (C=O) groups is 1. The summed E-state index contributed by atoms with van der Waals surface area (Å²) in [7, 11) is -4.48. The standard InChI is InChI=1S/C16H20F3NO6S/c1-2-8-15(14(22)23)10-20(9-7-13(15)21)27(24,25)12-6-4-3-5-11(12)26-16(17,18)19/h3-6,13,21H,2,7-10H2,1H3,(H,22,23)/t13-,15+/m0/s1. The van der Waals surface area contributed by atoms with E-state index >= 15 is 0 Å². The van der Waals surface area contributed by atoms with Gasteiger partial charge in [0.25, 0.3) is 0 Å². The summed E-state index contributed by atoms with van der Waals surface area (Å²) in [5, 5.41) is 19.8. The lowest BCUT2D eigenvalue weighted by molar-refractivity contribution is -0.275. The number of hydrogen-bond acceptors (Lipinski definition) is 5.